The van der Waals surface area contributed by atoms with Crippen LogP contribution in [-0.2, 0) is 0 Å². The Hall–Kier alpha value is 0.620. The minimum Gasteiger partial charge on any atom is -0.113 e. The lowest BCUT2D eigenvalue weighted by Crippen LogP contribution is -2.07. The highest BCUT2D eigenvalue weighted by atomic mass is 32.2. The standard InChI is InChI=1S/C9H12S4/c10-5-3-1-2-4-8(11)9-12-6-7-13-9/h5-7,9H,1-4H2. The van der Waals surface area contributed by atoms with Crippen LogP contribution >= 0.6 is 48.0 Å². The van der Waals surface area contributed by atoms with E-state index in [1.807, 2.05) is 28.9 Å². The summed E-state index contributed by atoms with van der Waals surface area (Å²) < 4.78 is 0.502. The van der Waals surface area contributed by atoms with E-state index >= 15 is 0 Å². The fourth-order valence-corrected chi connectivity index (χ4v) is 3.66. The third-order valence-corrected chi connectivity index (χ3v) is 5.18. The van der Waals surface area contributed by atoms with Gasteiger partial charge in [-0.1, -0.05) is 24.4 Å². The number of hydrogen-bond donors (Lipinski definition) is 0. The summed E-state index contributed by atoms with van der Waals surface area (Å²) in [5.41, 5.74) is 0. The number of unbranched alkanes of at least 4 members (excludes halogenated alkanes) is 2. The van der Waals surface area contributed by atoms with Gasteiger partial charge in [-0.05, 0) is 41.9 Å². The van der Waals surface area contributed by atoms with Crippen LogP contribution < -0.4 is 0 Å². The molecule has 0 nitrogen and oxygen atoms in total. The lowest BCUT2D eigenvalue weighted by Gasteiger charge is -2.08. The maximum Gasteiger partial charge on any atom is 0.0896 e. The van der Waals surface area contributed by atoms with Crippen LogP contribution in [0.1, 0.15) is 25.7 Å². The van der Waals surface area contributed by atoms with Crippen molar-refractivity contribution in [1.82, 2.24) is 0 Å². The zero-order chi connectivity index (χ0) is 9.52. The van der Waals surface area contributed by atoms with Crippen LogP contribution in [0.2, 0.25) is 0 Å². The van der Waals surface area contributed by atoms with E-state index in [-0.39, 0.29) is 0 Å². The Bertz CT molecular complexity index is 202. The molecule has 0 aromatic carbocycles. The summed E-state index contributed by atoms with van der Waals surface area (Å²) in [7, 11) is 0. The first-order valence-corrected chi connectivity index (χ1v) is 7.03. The third kappa shape index (κ3) is 4.58. The van der Waals surface area contributed by atoms with Crippen molar-refractivity contribution in [2.45, 2.75) is 30.3 Å². The van der Waals surface area contributed by atoms with Crippen LogP contribution in [-0.4, -0.2) is 14.8 Å². The molecule has 0 aliphatic carbocycles. The largest absolute Gasteiger partial charge is 0.113 e. The normalized spacial score (nSPS) is 16.3. The monoisotopic (exact) mass is 248 g/mol. The van der Waals surface area contributed by atoms with Crippen molar-refractivity contribution < 1.29 is 0 Å². The lowest BCUT2D eigenvalue weighted by molar-refractivity contribution is 0.806. The molecular weight excluding hydrogens is 236 g/mol. The molecule has 0 aromatic rings. The van der Waals surface area contributed by atoms with Gasteiger partial charge in [-0.3, -0.25) is 0 Å². The van der Waals surface area contributed by atoms with Gasteiger partial charge in [-0.2, -0.15) is 0 Å². The second-order valence-electron chi connectivity index (χ2n) is 2.76. The van der Waals surface area contributed by atoms with Crippen LogP contribution in [0, 0.1) is 0 Å². The fourth-order valence-electron chi connectivity index (χ4n) is 1.04. The molecule has 4 heteroatoms. The first-order chi connectivity index (χ1) is 6.34. The molecule has 0 unspecified atom stereocenters. The molecule has 0 atom stereocenters. The van der Waals surface area contributed by atoms with E-state index in [0.29, 0.717) is 4.58 Å². The first-order valence-electron chi connectivity index (χ1n) is 4.27. The Morgan fingerprint density at radius 1 is 1.31 bits per heavy atom. The molecule has 0 amide bonds. The van der Waals surface area contributed by atoms with Gasteiger partial charge in [0.1, 0.15) is 0 Å². The number of hydrogen-bond acceptors (Lipinski definition) is 4. The molecule has 1 heterocycles. The first kappa shape index (κ1) is 11.7. The number of thiocarbonyl (C=S) groups is 2. The minimum atomic E-state index is 0.502. The molecule has 0 bridgehead atoms. The highest BCUT2D eigenvalue weighted by molar-refractivity contribution is 8.24. The minimum absolute atomic E-state index is 0.502. The zero-order valence-electron chi connectivity index (χ0n) is 7.27. The van der Waals surface area contributed by atoms with E-state index in [2.05, 4.69) is 10.8 Å². The number of thioether (sulfide) groups is 2. The van der Waals surface area contributed by atoms with Crippen molar-refractivity contribution in [2.75, 3.05) is 0 Å². The van der Waals surface area contributed by atoms with Crippen molar-refractivity contribution >= 4 is 58.2 Å². The van der Waals surface area contributed by atoms with E-state index in [1.54, 1.807) is 0 Å². The van der Waals surface area contributed by atoms with Crippen LogP contribution in [0.4, 0.5) is 0 Å². The van der Waals surface area contributed by atoms with Crippen LogP contribution in [0.25, 0.3) is 0 Å². The predicted molar refractivity (Wildman–Crippen MR) is 72.8 cm³/mol. The van der Waals surface area contributed by atoms with Crippen molar-refractivity contribution in [3.05, 3.63) is 10.8 Å². The second-order valence-corrected chi connectivity index (χ2v) is 5.94. The van der Waals surface area contributed by atoms with E-state index < -0.39 is 0 Å². The van der Waals surface area contributed by atoms with Gasteiger partial charge in [0.05, 0.1) is 4.58 Å². The predicted octanol–water partition coefficient (Wildman–Crippen LogP) is 4.19. The molecule has 13 heavy (non-hydrogen) atoms. The molecule has 0 fully saturated rings. The Morgan fingerprint density at radius 2 is 2.00 bits per heavy atom. The van der Waals surface area contributed by atoms with Gasteiger partial charge in [0.25, 0.3) is 0 Å². The summed E-state index contributed by atoms with van der Waals surface area (Å²) >= 11 is 13.8. The average molecular weight is 248 g/mol. The van der Waals surface area contributed by atoms with Crippen LogP contribution in [0.5, 0.6) is 0 Å². The van der Waals surface area contributed by atoms with Crippen LogP contribution in [0.3, 0.4) is 0 Å². The summed E-state index contributed by atoms with van der Waals surface area (Å²) in [6.07, 6.45) is 4.48. The molecular formula is C9H12S4. The summed E-state index contributed by atoms with van der Waals surface area (Å²) in [4.78, 5) is 1.20. The smallest absolute Gasteiger partial charge is 0.0896 e. The van der Waals surface area contributed by atoms with E-state index in [9.17, 15) is 0 Å². The van der Waals surface area contributed by atoms with Gasteiger partial charge in [0.2, 0.25) is 0 Å². The maximum absolute atomic E-state index is 5.35. The lowest BCUT2D eigenvalue weighted by atomic mass is 10.2. The SMILES string of the molecule is S=CCCCCC(=S)C1SC=CS1. The van der Waals surface area contributed by atoms with Gasteiger partial charge in [-0.25, -0.2) is 0 Å². The van der Waals surface area contributed by atoms with Crippen LogP contribution in [0.15, 0.2) is 10.8 Å². The summed E-state index contributed by atoms with van der Waals surface area (Å²) in [6, 6.07) is 0. The van der Waals surface area contributed by atoms with E-state index in [0.717, 1.165) is 12.8 Å². The van der Waals surface area contributed by atoms with Gasteiger partial charge in [0.15, 0.2) is 0 Å². The van der Waals surface area contributed by atoms with Crippen molar-refractivity contribution in [3.63, 3.8) is 0 Å². The van der Waals surface area contributed by atoms with Gasteiger partial charge >= 0.3 is 0 Å². The Balaban J connectivity index is 2.07. The maximum atomic E-state index is 5.35. The Morgan fingerprint density at radius 3 is 2.62 bits per heavy atom. The average Bonchev–Trinajstić information content (AvgIpc) is 2.65. The molecule has 1 rings (SSSR count). The summed E-state index contributed by atoms with van der Waals surface area (Å²) in [6.45, 7) is 0. The van der Waals surface area contributed by atoms with E-state index in [1.165, 1.54) is 17.7 Å². The van der Waals surface area contributed by atoms with Gasteiger partial charge in [0, 0.05) is 4.86 Å². The molecule has 0 N–H and O–H groups in total. The number of rotatable bonds is 6. The molecule has 72 valence electrons. The van der Waals surface area contributed by atoms with Gasteiger partial charge < -0.3 is 0 Å². The van der Waals surface area contributed by atoms with Gasteiger partial charge in [-0.15, -0.1) is 23.5 Å². The Labute approximate surface area is 98.9 Å². The highest BCUT2D eigenvalue weighted by Gasteiger charge is 2.16. The highest BCUT2D eigenvalue weighted by Crippen LogP contribution is 2.35. The molecule has 0 radical (unpaired) electrons. The van der Waals surface area contributed by atoms with Crippen molar-refractivity contribution in [2.24, 2.45) is 0 Å². The molecule has 1 aliphatic rings. The quantitative estimate of drug-likeness (QED) is 0.510. The molecule has 0 saturated carbocycles. The second kappa shape index (κ2) is 6.98. The molecule has 0 spiro atoms. The van der Waals surface area contributed by atoms with E-state index in [4.69, 9.17) is 24.4 Å². The third-order valence-electron chi connectivity index (χ3n) is 1.72. The summed E-state index contributed by atoms with van der Waals surface area (Å²) in [5.74, 6) is 0. The molecule has 1 aliphatic heterocycles. The fraction of sp³-hybridized carbons (Fsp3) is 0.556. The van der Waals surface area contributed by atoms with Crippen molar-refractivity contribution in [3.8, 4) is 0 Å². The molecule has 0 aromatic heterocycles. The summed E-state index contributed by atoms with van der Waals surface area (Å²) in [5, 5.41) is 6.06. The molecule has 0 saturated heterocycles. The van der Waals surface area contributed by atoms with Crippen molar-refractivity contribution in [1.29, 1.82) is 0 Å². The Kier molecular flexibility index (Phi) is 6.28. The topological polar surface area (TPSA) is 0 Å². The zero-order valence-corrected chi connectivity index (χ0v) is 10.5.